The molecule has 0 saturated heterocycles. The Morgan fingerprint density at radius 1 is 1.27 bits per heavy atom. The van der Waals surface area contributed by atoms with Gasteiger partial charge in [0.05, 0.1) is 0 Å². The zero-order valence-corrected chi connectivity index (χ0v) is 7.84. The van der Waals surface area contributed by atoms with E-state index in [0.29, 0.717) is 6.04 Å². The Morgan fingerprint density at radius 3 is 2.45 bits per heavy atom. The second-order valence-electron chi connectivity index (χ2n) is 4.34. The van der Waals surface area contributed by atoms with Gasteiger partial charge in [0.15, 0.2) is 0 Å². The van der Waals surface area contributed by atoms with Crippen LogP contribution in [0.5, 0.6) is 0 Å². The van der Waals surface area contributed by atoms with Gasteiger partial charge in [0.25, 0.3) is 0 Å². The topological polar surface area (TPSA) is 26.0 Å². The van der Waals surface area contributed by atoms with Crippen molar-refractivity contribution in [1.82, 2.24) is 0 Å². The average Bonchev–Trinajstić information content (AvgIpc) is 1.93. The molecule has 11 heavy (non-hydrogen) atoms. The van der Waals surface area contributed by atoms with Crippen LogP contribution in [0.1, 0.15) is 46.0 Å². The van der Waals surface area contributed by atoms with Gasteiger partial charge in [0.1, 0.15) is 0 Å². The van der Waals surface area contributed by atoms with Crippen LogP contribution in [0.3, 0.4) is 0 Å². The van der Waals surface area contributed by atoms with Crippen LogP contribution in [-0.2, 0) is 0 Å². The SMILES string of the molecule is CC(C)C[C@@H]1CCCC[C@@H]1N. The zero-order chi connectivity index (χ0) is 8.27. The summed E-state index contributed by atoms with van der Waals surface area (Å²) in [4.78, 5) is 0. The van der Waals surface area contributed by atoms with Gasteiger partial charge in [0, 0.05) is 6.04 Å². The summed E-state index contributed by atoms with van der Waals surface area (Å²) in [7, 11) is 0. The number of nitrogens with two attached hydrogens (primary N) is 1. The largest absolute Gasteiger partial charge is 0.327 e. The minimum atomic E-state index is 0.506. The molecule has 66 valence electrons. The summed E-state index contributed by atoms with van der Waals surface area (Å²) in [6, 6.07) is 0.506. The van der Waals surface area contributed by atoms with Crippen LogP contribution in [0.15, 0.2) is 0 Å². The van der Waals surface area contributed by atoms with E-state index in [0.717, 1.165) is 11.8 Å². The van der Waals surface area contributed by atoms with Crippen LogP contribution in [0, 0.1) is 11.8 Å². The number of hydrogen-bond acceptors (Lipinski definition) is 1. The lowest BCUT2D eigenvalue weighted by Crippen LogP contribution is -2.33. The predicted octanol–water partition coefficient (Wildman–Crippen LogP) is 2.55. The molecular weight excluding hydrogens is 134 g/mol. The van der Waals surface area contributed by atoms with E-state index < -0.39 is 0 Å². The Kier molecular flexibility index (Phi) is 3.38. The van der Waals surface area contributed by atoms with Gasteiger partial charge < -0.3 is 5.73 Å². The van der Waals surface area contributed by atoms with Crippen molar-refractivity contribution in [3.8, 4) is 0 Å². The molecule has 0 spiro atoms. The van der Waals surface area contributed by atoms with Gasteiger partial charge in [-0.3, -0.25) is 0 Å². The first kappa shape index (κ1) is 9.05. The summed E-state index contributed by atoms with van der Waals surface area (Å²) >= 11 is 0. The Balaban J connectivity index is 2.29. The summed E-state index contributed by atoms with van der Waals surface area (Å²) in [6.45, 7) is 4.59. The normalized spacial score (nSPS) is 32.7. The van der Waals surface area contributed by atoms with Crippen LogP contribution in [0.4, 0.5) is 0 Å². The van der Waals surface area contributed by atoms with Gasteiger partial charge in [-0.25, -0.2) is 0 Å². The summed E-state index contributed by atoms with van der Waals surface area (Å²) < 4.78 is 0. The standard InChI is InChI=1S/C10H21N/c1-8(2)7-9-5-3-4-6-10(9)11/h8-10H,3-7,11H2,1-2H3/t9-,10-/m0/s1. The monoisotopic (exact) mass is 155 g/mol. The van der Waals surface area contributed by atoms with E-state index in [4.69, 9.17) is 5.73 Å². The fourth-order valence-corrected chi connectivity index (χ4v) is 2.13. The third-order valence-corrected chi connectivity index (χ3v) is 2.74. The highest BCUT2D eigenvalue weighted by Crippen LogP contribution is 2.27. The average molecular weight is 155 g/mol. The van der Waals surface area contributed by atoms with E-state index in [1.54, 1.807) is 0 Å². The Bertz CT molecular complexity index is 109. The molecule has 2 atom stereocenters. The third-order valence-electron chi connectivity index (χ3n) is 2.74. The molecule has 1 fully saturated rings. The fraction of sp³-hybridized carbons (Fsp3) is 1.00. The minimum Gasteiger partial charge on any atom is -0.327 e. The Morgan fingerprint density at radius 2 is 1.91 bits per heavy atom. The van der Waals surface area contributed by atoms with Crippen LogP contribution in [-0.4, -0.2) is 6.04 Å². The van der Waals surface area contributed by atoms with E-state index in [-0.39, 0.29) is 0 Å². The maximum atomic E-state index is 6.03. The minimum absolute atomic E-state index is 0.506. The van der Waals surface area contributed by atoms with Crippen molar-refractivity contribution in [3.05, 3.63) is 0 Å². The highest BCUT2D eigenvalue weighted by Gasteiger charge is 2.21. The lowest BCUT2D eigenvalue weighted by Gasteiger charge is -2.29. The summed E-state index contributed by atoms with van der Waals surface area (Å²) in [5.74, 6) is 1.65. The van der Waals surface area contributed by atoms with Crippen molar-refractivity contribution < 1.29 is 0 Å². The van der Waals surface area contributed by atoms with E-state index >= 15 is 0 Å². The second kappa shape index (κ2) is 4.10. The molecule has 2 N–H and O–H groups in total. The van der Waals surface area contributed by atoms with Gasteiger partial charge in [0.2, 0.25) is 0 Å². The van der Waals surface area contributed by atoms with Crippen molar-refractivity contribution in [2.75, 3.05) is 0 Å². The van der Waals surface area contributed by atoms with E-state index in [1.807, 2.05) is 0 Å². The molecule has 1 rings (SSSR count). The second-order valence-corrected chi connectivity index (χ2v) is 4.34. The van der Waals surface area contributed by atoms with Crippen molar-refractivity contribution in [1.29, 1.82) is 0 Å². The molecule has 0 aromatic carbocycles. The first-order chi connectivity index (χ1) is 5.20. The molecule has 0 amide bonds. The molecule has 0 unspecified atom stereocenters. The van der Waals surface area contributed by atoms with E-state index in [2.05, 4.69) is 13.8 Å². The Hall–Kier alpha value is -0.0400. The predicted molar refractivity (Wildman–Crippen MR) is 49.4 cm³/mol. The van der Waals surface area contributed by atoms with Gasteiger partial charge in [-0.05, 0) is 31.1 Å². The van der Waals surface area contributed by atoms with Crippen LogP contribution in [0.25, 0.3) is 0 Å². The van der Waals surface area contributed by atoms with Crippen LogP contribution in [0.2, 0.25) is 0 Å². The molecule has 1 nitrogen and oxygen atoms in total. The first-order valence-corrected chi connectivity index (χ1v) is 4.95. The molecule has 0 aliphatic heterocycles. The molecule has 1 heteroatoms. The van der Waals surface area contributed by atoms with Gasteiger partial charge >= 0.3 is 0 Å². The summed E-state index contributed by atoms with van der Waals surface area (Å²) in [5.41, 5.74) is 6.03. The van der Waals surface area contributed by atoms with Gasteiger partial charge in [-0.15, -0.1) is 0 Å². The van der Waals surface area contributed by atoms with Crippen LogP contribution >= 0.6 is 0 Å². The van der Waals surface area contributed by atoms with Crippen molar-refractivity contribution in [2.24, 2.45) is 17.6 Å². The molecule has 1 aliphatic carbocycles. The third kappa shape index (κ3) is 2.82. The lowest BCUT2D eigenvalue weighted by molar-refractivity contribution is 0.265. The van der Waals surface area contributed by atoms with E-state index in [9.17, 15) is 0 Å². The molecule has 0 bridgehead atoms. The lowest BCUT2D eigenvalue weighted by atomic mass is 9.80. The number of rotatable bonds is 2. The van der Waals surface area contributed by atoms with Crippen molar-refractivity contribution in [2.45, 2.75) is 52.0 Å². The molecule has 1 saturated carbocycles. The van der Waals surface area contributed by atoms with Gasteiger partial charge in [-0.1, -0.05) is 26.7 Å². The van der Waals surface area contributed by atoms with Gasteiger partial charge in [-0.2, -0.15) is 0 Å². The first-order valence-electron chi connectivity index (χ1n) is 4.95. The number of hydrogen-bond donors (Lipinski definition) is 1. The van der Waals surface area contributed by atoms with Crippen LogP contribution < -0.4 is 5.73 Å². The Labute approximate surface area is 70.4 Å². The van der Waals surface area contributed by atoms with E-state index in [1.165, 1.54) is 32.1 Å². The van der Waals surface area contributed by atoms with Crippen molar-refractivity contribution >= 4 is 0 Å². The summed E-state index contributed by atoms with van der Waals surface area (Å²) in [5, 5.41) is 0. The smallest absolute Gasteiger partial charge is 0.00672 e. The zero-order valence-electron chi connectivity index (χ0n) is 7.84. The fourth-order valence-electron chi connectivity index (χ4n) is 2.13. The molecule has 0 aromatic heterocycles. The summed E-state index contributed by atoms with van der Waals surface area (Å²) in [6.07, 6.45) is 6.73. The highest BCUT2D eigenvalue weighted by atomic mass is 14.7. The molecule has 0 aromatic rings. The molecule has 0 radical (unpaired) electrons. The highest BCUT2D eigenvalue weighted by molar-refractivity contribution is 4.78. The maximum absolute atomic E-state index is 6.03. The maximum Gasteiger partial charge on any atom is 0.00672 e. The molecule has 1 aliphatic rings. The molecule has 0 heterocycles. The molecular formula is C10H21N. The quantitative estimate of drug-likeness (QED) is 0.651. The van der Waals surface area contributed by atoms with Crippen molar-refractivity contribution in [3.63, 3.8) is 0 Å².